The Bertz CT molecular complexity index is 466. The first-order valence-corrected chi connectivity index (χ1v) is 5.58. The second-order valence-corrected chi connectivity index (χ2v) is 3.95. The monoisotopic (exact) mass is 249 g/mol. The van der Waals surface area contributed by atoms with E-state index in [1.807, 2.05) is 19.9 Å². The molecule has 18 heavy (non-hydrogen) atoms. The fourth-order valence-corrected chi connectivity index (χ4v) is 1.37. The molecule has 0 amide bonds. The van der Waals surface area contributed by atoms with E-state index in [9.17, 15) is 10.1 Å². The van der Waals surface area contributed by atoms with Gasteiger partial charge in [0.2, 0.25) is 0 Å². The van der Waals surface area contributed by atoms with Crippen molar-refractivity contribution in [2.45, 2.75) is 20.0 Å². The van der Waals surface area contributed by atoms with E-state index in [0.717, 1.165) is 0 Å². The summed E-state index contributed by atoms with van der Waals surface area (Å²) >= 11 is 0. The molecule has 96 valence electrons. The van der Waals surface area contributed by atoms with E-state index >= 15 is 0 Å². The summed E-state index contributed by atoms with van der Waals surface area (Å²) in [7, 11) is 0. The van der Waals surface area contributed by atoms with Crippen molar-refractivity contribution in [3.05, 3.63) is 33.9 Å². The molecular formula is C12H15N3O3. The highest BCUT2D eigenvalue weighted by molar-refractivity contribution is 5.61. The van der Waals surface area contributed by atoms with Gasteiger partial charge in [-0.05, 0) is 19.9 Å². The minimum absolute atomic E-state index is 0.0875. The van der Waals surface area contributed by atoms with Gasteiger partial charge in [0.05, 0.1) is 28.9 Å². The first kappa shape index (κ1) is 13.9. The summed E-state index contributed by atoms with van der Waals surface area (Å²) in [5.74, 6) is 0. The van der Waals surface area contributed by atoms with Crippen molar-refractivity contribution in [2.24, 2.45) is 0 Å². The smallest absolute Gasteiger partial charge is 0.270 e. The van der Waals surface area contributed by atoms with Crippen molar-refractivity contribution in [2.75, 3.05) is 18.5 Å². The average Bonchev–Trinajstić information content (AvgIpc) is 2.34. The molecule has 0 aliphatic heterocycles. The highest BCUT2D eigenvalue weighted by atomic mass is 16.6. The number of anilines is 1. The molecule has 0 bridgehead atoms. The standard InChI is InChI=1S/C12H15N3O3/c1-9(2)18-6-5-14-12-4-3-11(15(16)17)7-10(12)8-13/h3-4,7,9,14H,5-6H2,1-2H3. The quantitative estimate of drug-likeness (QED) is 0.474. The van der Waals surface area contributed by atoms with Gasteiger partial charge in [-0.1, -0.05) is 0 Å². The van der Waals surface area contributed by atoms with E-state index in [1.54, 1.807) is 0 Å². The molecule has 1 aromatic rings. The SMILES string of the molecule is CC(C)OCCNc1ccc([N+](=O)[O-])cc1C#N. The summed E-state index contributed by atoms with van der Waals surface area (Å²) in [5, 5.41) is 22.5. The van der Waals surface area contributed by atoms with Gasteiger partial charge in [0, 0.05) is 18.7 Å². The van der Waals surface area contributed by atoms with Crippen molar-refractivity contribution in [3.8, 4) is 6.07 Å². The van der Waals surface area contributed by atoms with Crippen LogP contribution in [0.2, 0.25) is 0 Å². The van der Waals surface area contributed by atoms with E-state index < -0.39 is 4.92 Å². The summed E-state index contributed by atoms with van der Waals surface area (Å²) < 4.78 is 5.35. The van der Waals surface area contributed by atoms with Gasteiger partial charge in [-0.2, -0.15) is 5.26 Å². The Kier molecular flexibility index (Phi) is 5.08. The number of non-ortho nitro benzene ring substituents is 1. The van der Waals surface area contributed by atoms with E-state index in [2.05, 4.69) is 5.32 Å². The topological polar surface area (TPSA) is 88.2 Å². The minimum atomic E-state index is -0.521. The summed E-state index contributed by atoms with van der Waals surface area (Å²) in [6.45, 7) is 4.93. The molecule has 0 spiro atoms. The molecule has 6 nitrogen and oxygen atoms in total. The Balaban J connectivity index is 2.66. The van der Waals surface area contributed by atoms with Crippen LogP contribution in [0.1, 0.15) is 19.4 Å². The second-order valence-electron chi connectivity index (χ2n) is 3.95. The van der Waals surface area contributed by atoms with Gasteiger partial charge in [0.1, 0.15) is 6.07 Å². The first-order valence-electron chi connectivity index (χ1n) is 5.58. The van der Waals surface area contributed by atoms with E-state index in [1.165, 1.54) is 18.2 Å². The molecule has 0 aliphatic rings. The number of nitrogens with one attached hydrogen (secondary N) is 1. The van der Waals surface area contributed by atoms with Gasteiger partial charge < -0.3 is 10.1 Å². The maximum absolute atomic E-state index is 10.6. The zero-order chi connectivity index (χ0) is 13.5. The van der Waals surface area contributed by atoms with Crippen molar-refractivity contribution in [3.63, 3.8) is 0 Å². The molecule has 1 aromatic carbocycles. The molecule has 0 saturated carbocycles. The van der Waals surface area contributed by atoms with Crippen LogP contribution in [-0.2, 0) is 4.74 Å². The van der Waals surface area contributed by atoms with Crippen LogP contribution >= 0.6 is 0 Å². The van der Waals surface area contributed by atoms with Crippen molar-refractivity contribution in [1.29, 1.82) is 5.26 Å². The van der Waals surface area contributed by atoms with Gasteiger partial charge in [-0.3, -0.25) is 10.1 Å². The van der Waals surface area contributed by atoms with E-state index in [0.29, 0.717) is 18.8 Å². The summed E-state index contributed by atoms with van der Waals surface area (Å²) in [5.41, 5.74) is 0.750. The predicted molar refractivity (Wildman–Crippen MR) is 67.4 cm³/mol. The molecule has 0 aromatic heterocycles. The number of nitriles is 1. The van der Waals surface area contributed by atoms with Gasteiger partial charge >= 0.3 is 0 Å². The van der Waals surface area contributed by atoms with Crippen LogP contribution in [-0.4, -0.2) is 24.2 Å². The number of nitrogens with zero attached hydrogens (tertiary/aromatic N) is 2. The summed E-state index contributed by atoms with van der Waals surface area (Å²) in [4.78, 5) is 10.1. The Morgan fingerprint density at radius 2 is 2.28 bits per heavy atom. The maximum atomic E-state index is 10.6. The number of hydrogen-bond donors (Lipinski definition) is 1. The normalized spacial score (nSPS) is 10.1. The van der Waals surface area contributed by atoms with Crippen molar-refractivity contribution in [1.82, 2.24) is 0 Å². The van der Waals surface area contributed by atoms with Gasteiger partial charge in [-0.15, -0.1) is 0 Å². The summed E-state index contributed by atoms with van der Waals surface area (Å²) in [6, 6.07) is 6.09. The number of nitro groups is 1. The number of hydrogen-bond acceptors (Lipinski definition) is 5. The Labute approximate surface area is 105 Å². The lowest BCUT2D eigenvalue weighted by molar-refractivity contribution is -0.384. The molecule has 1 rings (SSSR count). The molecular weight excluding hydrogens is 234 g/mol. The molecule has 0 heterocycles. The third-order valence-corrected chi connectivity index (χ3v) is 2.20. The van der Waals surface area contributed by atoms with Crippen LogP contribution in [0.5, 0.6) is 0 Å². The first-order chi connectivity index (χ1) is 8.54. The molecule has 0 fully saturated rings. The lowest BCUT2D eigenvalue weighted by Gasteiger charge is -2.10. The summed E-state index contributed by atoms with van der Waals surface area (Å²) in [6.07, 6.45) is 0.152. The number of benzene rings is 1. The zero-order valence-electron chi connectivity index (χ0n) is 10.3. The molecule has 0 atom stereocenters. The third-order valence-electron chi connectivity index (χ3n) is 2.20. The fraction of sp³-hybridized carbons (Fsp3) is 0.417. The van der Waals surface area contributed by atoms with E-state index in [-0.39, 0.29) is 17.4 Å². The Hall–Kier alpha value is -2.13. The molecule has 1 N–H and O–H groups in total. The van der Waals surface area contributed by atoms with Crippen LogP contribution in [0.25, 0.3) is 0 Å². The molecule has 0 radical (unpaired) electrons. The predicted octanol–water partition coefficient (Wildman–Crippen LogP) is 2.30. The molecule has 6 heteroatoms. The van der Waals surface area contributed by atoms with E-state index in [4.69, 9.17) is 10.00 Å². The largest absolute Gasteiger partial charge is 0.382 e. The van der Waals surface area contributed by atoms with Crippen LogP contribution in [0.3, 0.4) is 0 Å². The zero-order valence-corrected chi connectivity index (χ0v) is 10.3. The van der Waals surface area contributed by atoms with Crippen LogP contribution in [0.4, 0.5) is 11.4 Å². The van der Waals surface area contributed by atoms with Crippen LogP contribution in [0, 0.1) is 21.4 Å². The highest BCUT2D eigenvalue weighted by Crippen LogP contribution is 2.21. The average molecular weight is 249 g/mol. The minimum Gasteiger partial charge on any atom is -0.382 e. The number of ether oxygens (including phenoxy) is 1. The molecule has 0 unspecified atom stereocenters. The fourth-order valence-electron chi connectivity index (χ4n) is 1.37. The third kappa shape index (κ3) is 4.03. The van der Waals surface area contributed by atoms with Crippen LogP contribution in [0.15, 0.2) is 18.2 Å². The maximum Gasteiger partial charge on any atom is 0.270 e. The number of rotatable bonds is 6. The van der Waals surface area contributed by atoms with Gasteiger partial charge in [-0.25, -0.2) is 0 Å². The lowest BCUT2D eigenvalue weighted by atomic mass is 10.1. The molecule has 0 aliphatic carbocycles. The van der Waals surface area contributed by atoms with Crippen molar-refractivity contribution < 1.29 is 9.66 Å². The Morgan fingerprint density at radius 3 is 2.83 bits per heavy atom. The Morgan fingerprint density at radius 1 is 1.56 bits per heavy atom. The van der Waals surface area contributed by atoms with Crippen LogP contribution < -0.4 is 5.32 Å². The highest BCUT2D eigenvalue weighted by Gasteiger charge is 2.10. The molecule has 0 saturated heterocycles. The lowest BCUT2D eigenvalue weighted by Crippen LogP contribution is -2.13. The second kappa shape index (κ2) is 6.57. The van der Waals surface area contributed by atoms with Crippen molar-refractivity contribution >= 4 is 11.4 Å². The van der Waals surface area contributed by atoms with Gasteiger partial charge in [0.15, 0.2) is 0 Å². The van der Waals surface area contributed by atoms with Gasteiger partial charge in [0.25, 0.3) is 5.69 Å². The number of nitro benzene ring substituents is 1.